The summed E-state index contributed by atoms with van der Waals surface area (Å²) in [5.74, 6) is 2.06. The molecule has 1 aliphatic heterocycles. The van der Waals surface area contributed by atoms with E-state index in [0.29, 0.717) is 6.04 Å². The van der Waals surface area contributed by atoms with Crippen LogP contribution in [0.25, 0.3) is 0 Å². The maximum atomic E-state index is 5.74. The Morgan fingerprint density at radius 3 is 1.85 bits per heavy atom. The van der Waals surface area contributed by atoms with Crippen molar-refractivity contribution in [2.75, 3.05) is 26.2 Å². The maximum Gasteiger partial charge on any atom is 0.118 e. The lowest BCUT2D eigenvalue weighted by atomic mass is 9.96. The van der Waals surface area contributed by atoms with Crippen molar-refractivity contribution < 1.29 is 4.42 Å². The lowest BCUT2D eigenvalue weighted by molar-refractivity contribution is 0.0995. The zero-order valence-electron chi connectivity index (χ0n) is 15.3. The Morgan fingerprint density at radius 1 is 0.769 bits per heavy atom. The number of piperazine rings is 1. The first-order valence-electron chi connectivity index (χ1n) is 9.41. The third kappa shape index (κ3) is 3.90. The number of hydrogen-bond donors (Lipinski definition) is 0. The minimum absolute atomic E-state index is 0.324. The molecule has 0 radical (unpaired) electrons. The minimum Gasteiger partial charge on any atom is -0.465 e. The smallest absolute Gasteiger partial charge is 0.118 e. The molecule has 0 aliphatic carbocycles. The fraction of sp³-hybridized carbons (Fsp3) is 0.304. The highest BCUT2D eigenvalue weighted by Crippen LogP contribution is 2.29. The average molecular weight is 346 g/mol. The predicted octanol–water partition coefficient (Wildman–Crippen LogP) is 4.50. The van der Waals surface area contributed by atoms with Crippen LogP contribution in [0.2, 0.25) is 0 Å². The van der Waals surface area contributed by atoms with Crippen LogP contribution in [0.1, 0.15) is 28.7 Å². The SMILES string of the molecule is Cc1ccc(CN2CCN(C(c3ccccc3)c3ccccc3)CC2)o1. The molecule has 0 spiro atoms. The topological polar surface area (TPSA) is 19.6 Å². The second kappa shape index (κ2) is 7.90. The largest absolute Gasteiger partial charge is 0.465 e. The number of hydrogen-bond acceptors (Lipinski definition) is 3. The van der Waals surface area contributed by atoms with E-state index < -0.39 is 0 Å². The number of nitrogens with zero attached hydrogens (tertiary/aromatic N) is 2. The van der Waals surface area contributed by atoms with E-state index in [9.17, 15) is 0 Å². The molecule has 0 N–H and O–H groups in total. The van der Waals surface area contributed by atoms with Gasteiger partial charge in [0.1, 0.15) is 11.5 Å². The monoisotopic (exact) mass is 346 g/mol. The van der Waals surface area contributed by atoms with Crippen LogP contribution in [0.4, 0.5) is 0 Å². The molecule has 1 aliphatic rings. The first-order chi connectivity index (χ1) is 12.8. The highest BCUT2D eigenvalue weighted by atomic mass is 16.3. The van der Waals surface area contributed by atoms with Gasteiger partial charge in [-0.1, -0.05) is 60.7 Å². The highest BCUT2D eigenvalue weighted by molar-refractivity contribution is 5.32. The van der Waals surface area contributed by atoms with Crippen molar-refractivity contribution >= 4 is 0 Å². The number of benzene rings is 2. The quantitative estimate of drug-likeness (QED) is 0.678. The first kappa shape index (κ1) is 17.1. The van der Waals surface area contributed by atoms with Gasteiger partial charge in [0.2, 0.25) is 0 Å². The van der Waals surface area contributed by atoms with Crippen LogP contribution in [0.3, 0.4) is 0 Å². The molecular formula is C23H26N2O. The van der Waals surface area contributed by atoms with Crippen molar-refractivity contribution in [3.8, 4) is 0 Å². The summed E-state index contributed by atoms with van der Waals surface area (Å²) in [4.78, 5) is 5.09. The number of furan rings is 1. The minimum atomic E-state index is 0.324. The highest BCUT2D eigenvalue weighted by Gasteiger charge is 2.26. The summed E-state index contributed by atoms with van der Waals surface area (Å²) in [5.41, 5.74) is 2.74. The molecule has 0 saturated carbocycles. The molecular weight excluding hydrogens is 320 g/mol. The molecule has 3 aromatic rings. The van der Waals surface area contributed by atoms with E-state index >= 15 is 0 Å². The molecule has 4 rings (SSSR count). The zero-order valence-corrected chi connectivity index (χ0v) is 15.3. The third-order valence-corrected chi connectivity index (χ3v) is 5.18. The van der Waals surface area contributed by atoms with Crippen LogP contribution in [-0.4, -0.2) is 36.0 Å². The number of aryl methyl sites for hydroxylation is 1. The molecule has 1 fully saturated rings. The predicted molar refractivity (Wildman–Crippen MR) is 105 cm³/mol. The Kier molecular flexibility index (Phi) is 5.19. The van der Waals surface area contributed by atoms with Gasteiger partial charge in [0, 0.05) is 26.2 Å². The Morgan fingerprint density at radius 2 is 1.35 bits per heavy atom. The molecule has 3 nitrogen and oxygen atoms in total. The fourth-order valence-corrected chi connectivity index (χ4v) is 3.85. The van der Waals surface area contributed by atoms with Crippen molar-refractivity contribution in [1.82, 2.24) is 9.80 Å². The Balaban J connectivity index is 1.48. The van der Waals surface area contributed by atoms with Gasteiger partial charge in [-0.25, -0.2) is 0 Å². The third-order valence-electron chi connectivity index (χ3n) is 5.18. The Labute approximate surface area is 155 Å². The van der Waals surface area contributed by atoms with Crippen molar-refractivity contribution in [1.29, 1.82) is 0 Å². The maximum absolute atomic E-state index is 5.74. The van der Waals surface area contributed by atoms with Gasteiger partial charge in [-0.3, -0.25) is 9.80 Å². The standard InChI is InChI=1S/C23H26N2O/c1-19-12-13-22(26-19)18-24-14-16-25(17-15-24)23(20-8-4-2-5-9-20)21-10-6-3-7-11-21/h2-13,23H,14-18H2,1H3. The normalized spacial score (nSPS) is 16.2. The van der Waals surface area contributed by atoms with Crippen LogP contribution in [-0.2, 0) is 6.54 Å². The van der Waals surface area contributed by atoms with Gasteiger partial charge in [-0.15, -0.1) is 0 Å². The molecule has 0 bridgehead atoms. The van der Waals surface area contributed by atoms with Crippen molar-refractivity contribution in [2.24, 2.45) is 0 Å². The van der Waals surface area contributed by atoms with Crippen LogP contribution in [0.15, 0.2) is 77.2 Å². The Bertz CT molecular complexity index is 765. The molecule has 0 atom stereocenters. The molecule has 2 heterocycles. The van der Waals surface area contributed by atoms with Gasteiger partial charge in [-0.2, -0.15) is 0 Å². The first-order valence-corrected chi connectivity index (χ1v) is 9.41. The van der Waals surface area contributed by atoms with Gasteiger partial charge < -0.3 is 4.42 Å². The lowest BCUT2D eigenvalue weighted by Crippen LogP contribution is -2.47. The molecule has 2 aromatic carbocycles. The van der Waals surface area contributed by atoms with E-state index in [4.69, 9.17) is 4.42 Å². The van der Waals surface area contributed by atoms with Crippen LogP contribution in [0, 0.1) is 6.92 Å². The van der Waals surface area contributed by atoms with E-state index in [2.05, 4.69) is 76.5 Å². The summed E-state index contributed by atoms with van der Waals surface area (Å²) in [6, 6.07) is 26.2. The van der Waals surface area contributed by atoms with E-state index in [1.807, 2.05) is 13.0 Å². The van der Waals surface area contributed by atoms with Crippen molar-refractivity contribution in [3.63, 3.8) is 0 Å². The number of rotatable bonds is 5. The molecule has 134 valence electrons. The van der Waals surface area contributed by atoms with Crippen LogP contribution >= 0.6 is 0 Å². The van der Waals surface area contributed by atoms with Gasteiger partial charge in [0.05, 0.1) is 12.6 Å². The molecule has 26 heavy (non-hydrogen) atoms. The van der Waals surface area contributed by atoms with Gasteiger partial charge in [-0.05, 0) is 30.2 Å². The summed E-state index contributed by atoms with van der Waals surface area (Å²) >= 11 is 0. The summed E-state index contributed by atoms with van der Waals surface area (Å²) in [6.07, 6.45) is 0. The van der Waals surface area contributed by atoms with Crippen LogP contribution < -0.4 is 0 Å². The molecule has 0 unspecified atom stereocenters. The summed E-state index contributed by atoms with van der Waals surface area (Å²) in [5, 5.41) is 0. The zero-order chi connectivity index (χ0) is 17.8. The molecule has 3 heteroatoms. The van der Waals surface area contributed by atoms with Crippen molar-refractivity contribution in [3.05, 3.63) is 95.4 Å². The average Bonchev–Trinajstić information content (AvgIpc) is 3.10. The second-order valence-electron chi connectivity index (χ2n) is 7.05. The van der Waals surface area contributed by atoms with E-state index in [-0.39, 0.29) is 0 Å². The summed E-state index contributed by atoms with van der Waals surface area (Å²) in [7, 11) is 0. The summed E-state index contributed by atoms with van der Waals surface area (Å²) in [6.45, 7) is 7.17. The molecule has 0 amide bonds. The summed E-state index contributed by atoms with van der Waals surface area (Å²) < 4.78 is 5.74. The van der Waals surface area contributed by atoms with Crippen LogP contribution in [0.5, 0.6) is 0 Å². The van der Waals surface area contributed by atoms with E-state index in [1.54, 1.807) is 0 Å². The van der Waals surface area contributed by atoms with E-state index in [1.165, 1.54) is 11.1 Å². The second-order valence-corrected chi connectivity index (χ2v) is 7.05. The van der Waals surface area contributed by atoms with Gasteiger partial charge >= 0.3 is 0 Å². The molecule has 1 saturated heterocycles. The molecule has 1 aromatic heterocycles. The fourth-order valence-electron chi connectivity index (χ4n) is 3.85. The Hall–Kier alpha value is -2.36. The lowest BCUT2D eigenvalue weighted by Gasteiger charge is -2.39. The van der Waals surface area contributed by atoms with Gasteiger partial charge in [0.25, 0.3) is 0 Å². The van der Waals surface area contributed by atoms with Crippen molar-refractivity contribution in [2.45, 2.75) is 19.5 Å². The van der Waals surface area contributed by atoms with Gasteiger partial charge in [0.15, 0.2) is 0 Å². The van der Waals surface area contributed by atoms with E-state index in [0.717, 1.165) is 44.2 Å².